The van der Waals surface area contributed by atoms with Gasteiger partial charge < -0.3 is 19.5 Å². The van der Waals surface area contributed by atoms with Crippen molar-refractivity contribution in [1.29, 1.82) is 0 Å². The second-order valence-corrected chi connectivity index (χ2v) is 7.05. The van der Waals surface area contributed by atoms with Crippen LogP contribution in [0.25, 0.3) is 0 Å². The lowest BCUT2D eigenvalue weighted by Crippen LogP contribution is -2.32. The summed E-state index contributed by atoms with van der Waals surface area (Å²) in [4.78, 5) is 36.4. The molecule has 0 aliphatic carbocycles. The van der Waals surface area contributed by atoms with Gasteiger partial charge >= 0.3 is 17.8 Å². The molecule has 3 aromatic carbocycles. The quantitative estimate of drug-likeness (QED) is 0.183. The lowest BCUT2D eigenvalue weighted by Gasteiger charge is -2.11. The largest absolute Gasteiger partial charge is 0.497 e. The monoisotopic (exact) mass is 461 g/mol. The van der Waals surface area contributed by atoms with E-state index in [4.69, 9.17) is 14.2 Å². The zero-order chi connectivity index (χ0) is 24.5. The Morgan fingerprint density at radius 1 is 0.853 bits per heavy atom. The first kappa shape index (κ1) is 24.0. The lowest BCUT2D eigenvalue weighted by molar-refractivity contribution is -0.136. The number of ether oxygens (including phenoxy) is 3. The van der Waals surface area contributed by atoms with Gasteiger partial charge in [-0.2, -0.15) is 5.10 Å². The van der Waals surface area contributed by atoms with Crippen LogP contribution in [0.1, 0.15) is 21.5 Å². The van der Waals surface area contributed by atoms with Gasteiger partial charge in [-0.25, -0.2) is 10.2 Å². The summed E-state index contributed by atoms with van der Waals surface area (Å²) in [5.41, 5.74) is 4.46. The molecule has 0 radical (unpaired) electrons. The molecule has 2 amide bonds. The highest BCUT2D eigenvalue weighted by atomic mass is 16.5. The molecule has 9 heteroatoms. The van der Waals surface area contributed by atoms with Crippen LogP contribution in [0.2, 0.25) is 0 Å². The molecule has 0 saturated carbocycles. The summed E-state index contributed by atoms with van der Waals surface area (Å²) in [6, 6.07) is 18.4. The van der Waals surface area contributed by atoms with Crippen LogP contribution in [0.4, 0.5) is 5.69 Å². The molecule has 0 fully saturated rings. The third-order valence-electron chi connectivity index (χ3n) is 4.59. The van der Waals surface area contributed by atoms with Crippen molar-refractivity contribution >= 4 is 29.7 Å². The molecule has 174 valence electrons. The Bertz CT molecular complexity index is 1220. The summed E-state index contributed by atoms with van der Waals surface area (Å²) >= 11 is 0. The Hall–Kier alpha value is -4.66. The zero-order valence-electron chi connectivity index (χ0n) is 18.8. The smallest absolute Gasteiger partial charge is 0.343 e. The van der Waals surface area contributed by atoms with Crippen LogP contribution in [0.3, 0.4) is 0 Å². The fourth-order valence-corrected chi connectivity index (χ4v) is 2.87. The van der Waals surface area contributed by atoms with Gasteiger partial charge in [0.25, 0.3) is 0 Å². The van der Waals surface area contributed by atoms with Gasteiger partial charge in [-0.3, -0.25) is 9.59 Å². The van der Waals surface area contributed by atoms with Gasteiger partial charge in [-0.1, -0.05) is 17.7 Å². The standard InChI is InChI=1S/C25H23N3O6/c1-16-5-4-6-18(13-16)25(31)34-19-9-7-17(8-10-19)15-26-28-24(30)23(29)27-21-14-20(32-2)11-12-22(21)33-3/h4-15H,1-3H3,(H,27,29)(H,28,30)/b26-15+. The molecular formula is C25H23N3O6. The van der Waals surface area contributed by atoms with E-state index in [1.54, 1.807) is 54.6 Å². The Labute approximate surface area is 196 Å². The van der Waals surface area contributed by atoms with Crippen molar-refractivity contribution in [2.45, 2.75) is 6.92 Å². The summed E-state index contributed by atoms with van der Waals surface area (Å²) in [6.45, 7) is 1.89. The van der Waals surface area contributed by atoms with Crippen molar-refractivity contribution in [1.82, 2.24) is 5.43 Å². The van der Waals surface area contributed by atoms with E-state index in [1.807, 2.05) is 13.0 Å². The van der Waals surface area contributed by atoms with Crippen molar-refractivity contribution in [2.24, 2.45) is 5.10 Å². The van der Waals surface area contributed by atoms with Gasteiger partial charge in [0.1, 0.15) is 17.2 Å². The number of methoxy groups -OCH3 is 2. The van der Waals surface area contributed by atoms with Crippen LogP contribution < -0.4 is 25.0 Å². The number of aryl methyl sites for hydroxylation is 1. The van der Waals surface area contributed by atoms with E-state index in [2.05, 4.69) is 15.8 Å². The maximum atomic E-state index is 12.2. The lowest BCUT2D eigenvalue weighted by atomic mass is 10.1. The minimum absolute atomic E-state index is 0.279. The van der Waals surface area contributed by atoms with E-state index in [1.165, 1.54) is 26.5 Å². The fraction of sp³-hybridized carbons (Fsp3) is 0.120. The van der Waals surface area contributed by atoms with Crippen LogP contribution in [0.5, 0.6) is 17.2 Å². The highest BCUT2D eigenvalue weighted by Gasteiger charge is 2.16. The summed E-state index contributed by atoms with van der Waals surface area (Å²) in [5.74, 6) is -1.14. The number of nitrogens with one attached hydrogen (secondary N) is 2. The number of nitrogens with zero attached hydrogens (tertiary/aromatic N) is 1. The van der Waals surface area contributed by atoms with Gasteiger partial charge in [-0.05, 0) is 61.0 Å². The summed E-state index contributed by atoms with van der Waals surface area (Å²) in [5, 5.41) is 6.23. The number of amides is 2. The highest BCUT2D eigenvalue weighted by molar-refractivity contribution is 6.39. The van der Waals surface area contributed by atoms with Crippen molar-refractivity contribution in [3.05, 3.63) is 83.4 Å². The van der Waals surface area contributed by atoms with Crippen molar-refractivity contribution in [3.63, 3.8) is 0 Å². The van der Waals surface area contributed by atoms with Gasteiger partial charge in [0.15, 0.2) is 0 Å². The molecule has 0 unspecified atom stereocenters. The number of hydrazone groups is 1. The number of benzene rings is 3. The number of carbonyl (C=O) groups excluding carboxylic acids is 3. The SMILES string of the molecule is COc1ccc(OC)c(NC(=O)C(=O)N/N=C/c2ccc(OC(=O)c3cccc(C)c3)cc2)c1. The van der Waals surface area contributed by atoms with Crippen LogP contribution in [0, 0.1) is 6.92 Å². The Morgan fingerprint density at radius 3 is 2.26 bits per heavy atom. The summed E-state index contributed by atoms with van der Waals surface area (Å²) < 4.78 is 15.6. The third-order valence-corrected chi connectivity index (χ3v) is 4.59. The Balaban J connectivity index is 1.54. The number of hydrogen-bond donors (Lipinski definition) is 2. The summed E-state index contributed by atoms with van der Waals surface area (Å²) in [7, 11) is 2.92. The second-order valence-electron chi connectivity index (χ2n) is 7.05. The average Bonchev–Trinajstić information content (AvgIpc) is 2.84. The number of anilines is 1. The molecule has 0 heterocycles. The van der Waals surface area contributed by atoms with E-state index in [-0.39, 0.29) is 5.69 Å². The van der Waals surface area contributed by atoms with Gasteiger partial charge in [0, 0.05) is 6.07 Å². The molecule has 0 aliphatic heterocycles. The van der Waals surface area contributed by atoms with E-state index in [9.17, 15) is 14.4 Å². The summed E-state index contributed by atoms with van der Waals surface area (Å²) in [6.07, 6.45) is 1.35. The third kappa shape index (κ3) is 6.42. The molecular weight excluding hydrogens is 438 g/mol. The number of esters is 1. The second kappa shape index (κ2) is 11.3. The molecule has 3 rings (SSSR count). The minimum atomic E-state index is -0.968. The fourth-order valence-electron chi connectivity index (χ4n) is 2.87. The maximum absolute atomic E-state index is 12.2. The first-order valence-corrected chi connectivity index (χ1v) is 10.1. The number of carbonyl (C=O) groups is 3. The number of hydrogen-bond acceptors (Lipinski definition) is 7. The van der Waals surface area contributed by atoms with Gasteiger partial charge in [-0.15, -0.1) is 0 Å². The minimum Gasteiger partial charge on any atom is -0.497 e. The zero-order valence-corrected chi connectivity index (χ0v) is 18.8. The predicted octanol–water partition coefficient (Wildman–Crippen LogP) is 3.32. The van der Waals surface area contributed by atoms with Crippen molar-refractivity contribution in [2.75, 3.05) is 19.5 Å². The Morgan fingerprint density at radius 2 is 1.59 bits per heavy atom. The number of rotatable bonds is 7. The van der Waals surface area contributed by atoms with E-state index in [0.717, 1.165) is 5.56 Å². The normalized spacial score (nSPS) is 10.4. The van der Waals surface area contributed by atoms with Crippen LogP contribution >= 0.6 is 0 Å². The first-order valence-electron chi connectivity index (χ1n) is 10.1. The topological polar surface area (TPSA) is 115 Å². The van der Waals surface area contributed by atoms with E-state index in [0.29, 0.717) is 28.4 Å². The molecule has 0 spiro atoms. The van der Waals surface area contributed by atoms with Crippen molar-refractivity contribution < 1.29 is 28.6 Å². The molecule has 0 bridgehead atoms. The van der Waals surface area contributed by atoms with Crippen molar-refractivity contribution in [3.8, 4) is 17.2 Å². The van der Waals surface area contributed by atoms with Gasteiger partial charge in [0.2, 0.25) is 0 Å². The first-order chi connectivity index (χ1) is 16.4. The molecule has 0 atom stereocenters. The molecule has 34 heavy (non-hydrogen) atoms. The Kier molecular flexibility index (Phi) is 7.96. The maximum Gasteiger partial charge on any atom is 0.343 e. The highest BCUT2D eigenvalue weighted by Crippen LogP contribution is 2.28. The molecule has 0 aliphatic rings. The molecule has 2 N–H and O–H groups in total. The predicted molar refractivity (Wildman–Crippen MR) is 126 cm³/mol. The molecule has 3 aromatic rings. The van der Waals surface area contributed by atoms with E-state index >= 15 is 0 Å². The van der Waals surface area contributed by atoms with E-state index < -0.39 is 17.8 Å². The molecule has 0 aromatic heterocycles. The average molecular weight is 461 g/mol. The molecule has 9 nitrogen and oxygen atoms in total. The van der Waals surface area contributed by atoms with Crippen LogP contribution in [0.15, 0.2) is 71.8 Å². The van der Waals surface area contributed by atoms with Gasteiger partial charge in [0.05, 0.1) is 31.7 Å². The molecule has 0 saturated heterocycles. The van der Waals surface area contributed by atoms with Crippen LogP contribution in [-0.4, -0.2) is 38.2 Å². The van der Waals surface area contributed by atoms with Crippen LogP contribution in [-0.2, 0) is 9.59 Å².